The first-order valence-corrected chi connectivity index (χ1v) is 11.9. The monoisotopic (exact) mass is 468 g/mol. The lowest BCUT2D eigenvalue weighted by molar-refractivity contribution is -0.131. The minimum Gasteiger partial charge on any atom is -0.508 e. The molecule has 1 aliphatic carbocycles. The molecule has 1 N–H and O–H groups in total. The molecule has 2 aromatic rings. The molecule has 33 heavy (non-hydrogen) atoms. The van der Waals surface area contributed by atoms with Gasteiger partial charge in [0.25, 0.3) is 5.91 Å². The average molecular weight is 469 g/mol. The number of nitrogens with zero attached hydrogens (tertiary/aromatic N) is 2. The summed E-state index contributed by atoms with van der Waals surface area (Å²) in [5, 5.41) is 10.1. The summed E-state index contributed by atoms with van der Waals surface area (Å²) >= 11 is 1.06. The Labute approximate surface area is 194 Å². The van der Waals surface area contributed by atoms with Gasteiger partial charge in [-0.05, 0) is 50.8 Å². The molecule has 9 heteroatoms. The van der Waals surface area contributed by atoms with Gasteiger partial charge in [0.05, 0.1) is 29.8 Å². The highest BCUT2D eigenvalue weighted by atomic mass is 32.1. The third-order valence-corrected chi connectivity index (χ3v) is 7.56. The van der Waals surface area contributed by atoms with Crippen molar-refractivity contribution in [3.63, 3.8) is 0 Å². The van der Waals surface area contributed by atoms with Gasteiger partial charge < -0.3 is 14.6 Å². The maximum absolute atomic E-state index is 13.6. The van der Waals surface area contributed by atoms with Gasteiger partial charge in [-0.2, -0.15) is 0 Å². The number of aromatic nitrogens is 1. The van der Waals surface area contributed by atoms with Gasteiger partial charge >= 0.3 is 5.97 Å². The third-order valence-electron chi connectivity index (χ3n) is 6.42. The molecule has 0 saturated heterocycles. The molecule has 3 atom stereocenters. The maximum Gasteiger partial charge on any atom is 0.350 e. The summed E-state index contributed by atoms with van der Waals surface area (Å²) in [4.78, 5) is 45.9. The number of phenols is 1. The molecule has 1 saturated carbocycles. The predicted molar refractivity (Wildman–Crippen MR) is 120 cm³/mol. The largest absolute Gasteiger partial charge is 0.508 e. The first-order chi connectivity index (χ1) is 15.9. The standard InChI is InChI=1S/C24H24N2O6S/c1-3-31-23(30)21-12(2)25-24(33-21)26-18(13-8-10-14(27)11-9-13)17-19(28)15-6-4-5-7-16(15)32-20(17)22(26)29/h8-11,15-16,18,27H,3-7H2,1-2H3. The summed E-state index contributed by atoms with van der Waals surface area (Å²) in [7, 11) is 0. The molecule has 3 unspecified atom stereocenters. The van der Waals surface area contributed by atoms with E-state index in [-0.39, 0.29) is 35.9 Å². The molecular formula is C24H24N2O6S. The molecule has 0 radical (unpaired) electrons. The molecule has 1 fully saturated rings. The van der Waals surface area contributed by atoms with Crippen LogP contribution in [0.2, 0.25) is 0 Å². The van der Waals surface area contributed by atoms with Crippen molar-refractivity contribution in [3.05, 3.63) is 51.7 Å². The molecule has 3 heterocycles. The highest BCUT2D eigenvalue weighted by Crippen LogP contribution is 2.49. The number of amides is 1. The number of rotatable bonds is 4. The Morgan fingerprint density at radius 2 is 1.97 bits per heavy atom. The number of hydrogen-bond acceptors (Lipinski definition) is 8. The van der Waals surface area contributed by atoms with Crippen molar-refractivity contribution in [2.45, 2.75) is 51.7 Å². The topological polar surface area (TPSA) is 106 Å². The lowest BCUT2D eigenvalue weighted by Crippen LogP contribution is -2.39. The number of aromatic hydroxyl groups is 1. The molecule has 0 bridgehead atoms. The van der Waals surface area contributed by atoms with Gasteiger partial charge in [0, 0.05) is 0 Å². The Hall–Kier alpha value is -3.20. The van der Waals surface area contributed by atoms with Gasteiger partial charge in [-0.3, -0.25) is 14.5 Å². The first kappa shape index (κ1) is 21.6. The number of anilines is 1. The van der Waals surface area contributed by atoms with E-state index in [1.807, 2.05) is 0 Å². The van der Waals surface area contributed by atoms with Crippen LogP contribution in [-0.4, -0.2) is 40.5 Å². The number of aryl methyl sites for hydroxylation is 1. The first-order valence-electron chi connectivity index (χ1n) is 11.1. The number of ether oxygens (including phenoxy) is 2. The summed E-state index contributed by atoms with van der Waals surface area (Å²) in [6.07, 6.45) is 3.11. The zero-order valence-corrected chi connectivity index (χ0v) is 19.2. The summed E-state index contributed by atoms with van der Waals surface area (Å²) in [5.74, 6) is -1.11. The number of Topliss-reactive ketones (excluding diaryl/α,β-unsaturated/α-hetero) is 1. The second-order valence-corrected chi connectivity index (χ2v) is 9.43. The number of thiazole rings is 1. The highest BCUT2D eigenvalue weighted by Gasteiger charge is 2.53. The van der Waals surface area contributed by atoms with Crippen molar-refractivity contribution in [3.8, 4) is 5.75 Å². The zero-order valence-electron chi connectivity index (χ0n) is 18.4. The fraction of sp³-hybridized carbons (Fsp3) is 0.417. The SMILES string of the molecule is CCOC(=O)c1sc(N2C(=O)C3=C(C(=O)C4CCCCC4O3)C2c2ccc(O)cc2)nc1C. The minimum atomic E-state index is -0.746. The van der Waals surface area contributed by atoms with E-state index in [4.69, 9.17) is 9.47 Å². The number of benzene rings is 1. The van der Waals surface area contributed by atoms with E-state index in [1.54, 1.807) is 26.0 Å². The number of esters is 1. The van der Waals surface area contributed by atoms with E-state index >= 15 is 0 Å². The molecule has 0 spiro atoms. The molecule has 1 aromatic heterocycles. The Morgan fingerprint density at radius 3 is 2.70 bits per heavy atom. The van der Waals surface area contributed by atoms with Crippen LogP contribution in [0.1, 0.15) is 59.6 Å². The number of carbonyl (C=O) groups excluding carboxylic acids is 3. The summed E-state index contributed by atoms with van der Waals surface area (Å²) < 4.78 is 11.3. The normalized spacial score (nSPS) is 24.4. The van der Waals surface area contributed by atoms with E-state index in [0.717, 1.165) is 37.0 Å². The van der Waals surface area contributed by atoms with Crippen LogP contribution in [-0.2, 0) is 19.1 Å². The zero-order chi connectivity index (χ0) is 23.3. The van der Waals surface area contributed by atoms with Gasteiger partial charge in [-0.1, -0.05) is 29.9 Å². The van der Waals surface area contributed by atoms with Crippen LogP contribution in [0.5, 0.6) is 5.75 Å². The van der Waals surface area contributed by atoms with E-state index in [0.29, 0.717) is 26.8 Å². The lowest BCUT2D eigenvalue weighted by atomic mass is 9.77. The van der Waals surface area contributed by atoms with Gasteiger partial charge in [-0.15, -0.1) is 0 Å². The molecule has 1 amide bonds. The fourth-order valence-electron chi connectivity index (χ4n) is 4.89. The Balaban J connectivity index is 1.62. The molecule has 8 nitrogen and oxygen atoms in total. The average Bonchev–Trinajstić information content (AvgIpc) is 3.32. The van der Waals surface area contributed by atoms with Crippen LogP contribution in [0.4, 0.5) is 5.13 Å². The second-order valence-electron chi connectivity index (χ2n) is 8.45. The number of fused-ring (bicyclic) bond motifs is 1. The summed E-state index contributed by atoms with van der Waals surface area (Å²) in [6, 6.07) is 5.66. The minimum absolute atomic E-state index is 0.0613. The summed E-state index contributed by atoms with van der Waals surface area (Å²) in [6.45, 7) is 3.64. The van der Waals surface area contributed by atoms with Gasteiger partial charge in [0.1, 0.15) is 16.7 Å². The summed E-state index contributed by atoms with van der Waals surface area (Å²) in [5.41, 5.74) is 1.44. The third kappa shape index (κ3) is 3.51. The molecule has 5 rings (SSSR count). The van der Waals surface area contributed by atoms with Crippen LogP contribution in [0.15, 0.2) is 35.6 Å². The van der Waals surface area contributed by atoms with Crippen LogP contribution in [0.25, 0.3) is 0 Å². The number of carbonyl (C=O) groups is 3. The molecule has 3 aliphatic rings. The highest BCUT2D eigenvalue weighted by molar-refractivity contribution is 7.17. The van der Waals surface area contributed by atoms with Crippen molar-refractivity contribution in [2.75, 3.05) is 11.5 Å². The van der Waals surface area contributed by atoms with Crippen molar-refractivity contribution in [1.29, 1.82) is 0 Å². The van der Waals surface area contributed by atoms with Gasteiger partial charge in [0.2, 0.25) is 0 Å². The van der Waals surface area contributed by atoms with Crippen LogP contribution in [0.3, 0.4) is 0 Å². The van der Waals surface area contributed by atoms with Crippen LogP contribution >= 0.6 is 11.3 Å². The molecule has 1 aromatic carbocycles. The van der Waals surface area contributed by atoms with Crippen LogP contribution < -0.4 is 4.90 Å². The van der Waals surface area contributed by atoms with Crippen molar-refractivity contribution in [2.24, 2.45) is 5.92 Å². The van der Waals surface area contributed by atoms with E-state index < -0.39 is 17.9 Å². The number of hydrogen-bond donors (Lipinski definition) is 1. The maximum atomic E-state index is 13.6. The predicted octanol–water partition coefficient (Wildman–Crippen LogP) is 3.83. The van der Waals surface area contributed by atoms with E-state index in [1.165, 1.54) is 17.0 Å². The smallest absolute Gasteiger partial charge is 0.350 e. The van der Waals surface area contributed by atoms with Crippen molar-refractivity contribution >= 4 is 34.1 Å². The number of ketones is 1. The Morgan fingerprint density at radius 1 is 1.24 bits per heavy atom. The fourth-order valence-corrected chi connectivity index (χ4v) is 5.87. The quantitative estimate of drug-likeness (QED) is 0.680. The molecular weight excluding hydrogens is 444 g/mol. The molecule has 172 valence electrons. The second kappa shape index (κ2) is 8.30. The van der Waals surface area contributed by atoms with Gasteiger partial charge in [0.15, 0.2) is 16.7 Å². The van der Waals surface area contributed by atoms with Gasteiger partial charge in [-0.25, -0.2) is 9.78 Å². The Kier molecular flexibility index (Phi) is 5.44. The van der Waals surface area contributed by atoms with E-state index in [2.05, 4.69) is 4.98 Å². The van der Waals surface area contributed by atoms with Crippen molar-refractivity contribution < 1.29 is 29.0 Å². The lowest BCUT2D eigenvalue weighted by Gasteiger charge is -2.35. The number of phenolic OH excluding ortho intramolecular Hbond substituents is 1. The van der Waals surface area contributed by atoms with Crippen molar-refractivity contribution in [1.82, 2.24) is 4.98 Å². The van der Waals surface area contributed by atoms with Crippen LogP contribution in [0, 0.1) is 12.8 Å². The molecule has 2 aliphatic heterocycles. The van der Waals surface area contributed by atoms with E-state index in [9.17, 15) is 19.5 Å². The Bertz CT molecular complexity index is 1170.